The first-order valence-corrected chi connectivity index (χ1v) is 5.10. The fraction of sp³-hybridized carbons (Fsp3) is 0.500. The summed E-state index contributed by atoms with van der Waals surface area (Å²) in [5.74, 6) is 0.204. The average Bonchev–Trinajstić information content (AvgIpc) is 2.26. The van der Waals surface area contributed by atoms with Crippen LogP contribution in [0.5, 0.6) is 5.75 Å². The highest BCUT2D eigenvalue weighted by Crippen LogP contribution is 2.19. The Labute approximate surface area is 89.7 Å². The summed E-state index contributed by atoms with van der Waals surface area (Å²) in [6.45, 7) is 2.15. The topological polar surface area (TPSA) is 29.5 Å². The minimum Gasteiger partial charge on any atom is -0.494 e. The summed E-state index contributed by atoms with van der Waals surface area (Å²) in [5.41, 5.74) is 0.939. The number of halogens is 1. The lowest BCUT2D eigenvalue weighted by atomic mass is 10.0. The molecule has 0 heterocycles. The molecule has 0 spiro atoms. The SMILES string of the molecule is COc1ccc(CCC(C)CO)cc1F. The van der Waals surface area contributed by atoms with Crippen molar-refractivity contribution < 1.29 is 14.2 Å². The summed E-state index contributed by atoms with van der Waals surface area (Å²) in [6, 6.07) is 4.98. The van der Waals surface area contributed by atoms with Crippen molar-refractivity contribution in [1.82, 2.24) is 0 Å². The van der Waals surface area contributed by atoms with Gasteiger partial charge in [0.1, 0.15) is 0 Å². The van der Waals surface area contributed by atoms with Crippen molar-refractivity contribution in [1.29, 1.82) is 0 Å². The van der Waals surface area contributed by atoms with Crippen LogP contribution in [0.4, 0.5) is 4.39 Å². The third-order valence-corrected chi connectivity index (χ3v) is 2.45. The molecule has 1 unspecified atom stereocenters. The molecule has 84 valence electrons. The van der Waals surface area contributed by atoms with E-state index in [0.29, 0.717) is 0 Å². The van der Waals surface area contributed by atoms with Gasteiger partial charge in [0.05, 0.1) is 7.11 Å². The number of ether oxygens (including phenoxy) is 1. The van der Waals surface area contributed by atoms with Crippen LogP contribution in [0, 0.1) is 11.7 Å². The van der Waals surface area contributed by atoms with Crippen LogP contribution in [-0.2, 0) is 6.42 Å². The van der Waals surface area contributed by atoms with E-state index in [0.717, 1.165) is 18.4 Å². The highest BCUT2D eigenvalue weighted by atomic mass is 19.1. The lowest BCUT2D eigenvalue weighted by Crippen LogP contribution is -2.02. The zero-order valence-corrected chi connectivity index (χ0v) is 9.16. The van der Waals surface area contributed by atoms with Crippen LogP contribution < -0.4 is 4.74 Å². The molecule has 0 radical (unpaired) electrons. The van der Waals surface area contributed by atoms with E-state index in [2.05, 4.69) is 0 Å². The molecule has 1 rings (SSSR count). The number of rotatable bonds is 5. The Morgan fingerprint density at radius 3 is 2.73 bits per heavy atom. The summed E-state index contributed by atoms with van der Waals surface area (Å²) in [6.07, 6.45) is 1.64. The second-order valence-electron chi connectivity index (χ2n) is 3.80. The van der Waals surface area contributed by atoms with E-state index in [1.807, 2.05) is 13.0 Å². The van der Waals surface area contributed by atoms with E-state index >= 15 is 0 Å². The van der Waals surface area contributed by atoms with Gasteiger partial charge < -0.3 is 9.84 Å². The summed E-state index contributed by atoms with van der Waals surface area (Å²) in [5, 5.41) is 8.86. The standard InChI is InChI=1S/C12H17FO2/c1-9(8-14)3-4-10-5-6-12(15-2)11(13)7-10/h5-7,9,14H,3-4,8H2,1-2H3. The molecule has 2 nitrogen and oxygen atoms in total. The molecule has 0 aliphatic heterocycles. The van der Waals surface area contributed by atoms with Crippen molar-refractivity contribution in [2.45, 2.75) is 19.8 Å². The van der Waals surface area contributed by atoms with E-state index < -0.39 is 0 Å². The van der Waals surface area contributed by atoms with Gasteiger partial charge in [-0.2, -0.15) is 0 Å². The first kappa shape index (κ1) is 12.0. The van der Waals surface area contributed by atoms with Crippen molar-refractivity contribution in [3.8, 4) is 5.75 Å². The van der Waals surface area contributed by atoms with Gasteiger partial charge in [0.25, 0.3) is 0 Å². The van der Waals surface area contributed by atoms with Gasteiger partial charge in [0.15, 0.2) is 11.6 Å². The smallest absolute Gasteiger partial charge is 0.165 e. The van der Waals surface area contributed by atoms with Gasteiger partial charge >= 0.3 is 0 Å². The molecular formula is C12H17FO2. The van der Waals surface area contributed by atoms with Crippen LogP contribution in [0.15, 0.2) is 18.2 Å². The third-order valence-electron chi connectivity index (χ3n) is 2.45. The van der Waals surface area contributed by atoms with E-state index in [1.165, 1.54) is 13.2 Å². The summed E-state index contributed by atoms with van der Waals surface area (Å²) in [7, 11) is 1.45. The second-order valence-corrected chi connectivity index (χ2v) is 3.80. The molecule has 0 saturated carbocycles. The first-order chi connectivity index (χ1) is 7.17. The van der Waals surface area contributed by atoms with Gasteiger partial charge in [-0.25, -0.2) is 4.39 Å². The monoisotopic (exact) mass is 212 g/mol. The Morgan fingerprint density at radius 1 is 1.47 bits per heavy atom. The van der Waals surface area contributed by atoms with Gasteiger partial charge in [-0.05, 0) is 36.5 Å². The molecule has 0 aliphatic carbocycles. The first-order valence-electron chi connectivity index (χ1n) is 5.10. The molecule has 15 heavy (non-hydrogen) atoms. The quantitative estimate of drug-likeness (QED) is 0.812. The lowest BCUT2D eigenvalue weighted by Gasteiger charge is -2.08. The zero-order chi connectivity index (χ0) is 11.3. The number of aliphatic hydroxyl groups is 1. The highest BCUT2D eigenvalue weighted by molar-refractivity contribution is 5.29. The summed E-state index contributed by atoms with van der Waals surface area (Å²) in [4.78, 5) is 0. The predicted molar refractivity (Wildman–Crippen MR) is 57.5 cm³/mol. The van der Waals surface area contributed by atoms with Gasteiger partial charge in [0, 0.05) is 6.61 Å². The Hall–Kier alpha value is -1.09. The van der Waals surface area contributed by atoms with E-state index in [4.69, 9.17) is 9.84 Å². The van der Waals surface area contributed by atoms with Crippen molar-refractivity contribution in [3.63, 3.8) is 0 Å². The summed E-state index contributed by atoms with van der Waals surface area (Å²) < 4.78 is 18.1. The van der Waals surface area contributed by atoms with Crippen molar-refractivity contribution >= 4 is 0 Å². The van der Waals surface area contributed by atoms with E-state index in [9.17, 15) is 4.39 Å². The largest absolute Gasteiger partial charge is 0.494 e. The minimum atomic E-state index is -0.327. The maximum Gasteiger partial charge on any atom is 0.165 e. The number of hydrogen-bond donors (Lipinski definition) is 1. The molecule has 1 aromatic rings. The molecule has 0 saturated heterocycles. The molecule has 0 bridgehead atoms. The number of aliphatic hydroxyl groups excluding tert-OH is 1. The lowest BCUT2D eigenvalue weighted by molar-refractivity contribution is 0.230. The number of methoxy groups -OCH3 is 1. The van der Waals surface area contributed by atoms with Crippen LogP contribution >= 0.6 is 0 Å². The Morgan fingerprint density at radius 2 is 2.20 bits per heavy atom. The van der Waals surface area contributed by atoms with Gasteiger partial charge in [-0.15, -0.1) is 0 Å². The Kier molecular flexibility index (Phi) is 4.56. The maximum absolute atomic E-state index is 13.3. The fourth-order valence-corrected chi connectivity index (χ4v) is 1.37. The molecule has 3 heteroatoms. The molecular weight excluding hydrogens is 195 g/mol. The average molecular weight is 212 g/mol. The van der Waals surface area contributed by atoms with Crippen LogP contribution in [0.3, 0.4) is 0 Å². The molecule has 0 aliphatic rings. The fourth-order valence-electron chi connectivity index (χ4n) is 1.37. The van der Waals surface area contributed by atoms with Crippen molar-refractivity contribution in [3.05, 3.63) is 29.6 Å². The number of benzene rings is 1. The van der Waals surface area contributed by atoms with E-state index in [1.54, 1.807) is 6.07 Å². The number of hydrogen-bond acceptors (Lipinski definition) is 2. The van der Waals surface area contributed by atoms with Crippen LogP contribution in [0.2, 0.25) is 0 Å². The third kappa shape index (κ3) is 3.51. The van der Waals surface area contributed by atoms with Crippen LogP contribution in [0.25, 0.3) is 0 Å². The van der Waals surface area contributed by atoms with Gasteiger partial charge in [-0.3, -0.25) is 0 Å². The molecule has 1 aromatic carbocycles. The zero-order valence-electron chi connectivity index (χ0n) is 9.16. The molecule has 0 amide bonds. The Bertz CT molecular complexity index is 312. The summed E-state index contributed by atoms with van der Waals surface area (Å²) >= 11 is 0. The van der Waals surface area contributed by atoms with Crippen LogP contribution in [-0.4, -0.2) is 18.8 Å². The second kappa shape index (κ2) is 5.71. The number of aryl methyl sites for hydroxylation is 1. The molecule has 0 fully saturated rings. The van der Waals surface area contributed by atoms with E-state index in [-0.39, 0.29) is 24.1 Å². The maximum atomic E-state index is 13.3. The van der Waals surface area contributed by atoms with Crippen molar-refractivity contribution in [2.75, 3.05) is 13.7 Å². The molecule has 0 aromatic heterocycles. The Balaban J connectivity index is 2.59. The normalized spacial score (nSPS) is 12.5. The van der Waals surface area contributed by atoms with Crippen LogP contribution in [0.1, 0.15) is 18.9 Å². The molecule has 1 N–H and O–H groups in total. The molecule has 1 atom stereocenters. The predicted octanol–water partition coefficient (Wildman–Crippen LogP) is 2.40. The van der Waals surface area contributed by atoms with Crippen molar-refractivity contribution in [2.24, 2.45) is 5.92 Å². The highest BCUT2D eigenvalue weighted by Gasteiger charge is 2.05. The van der Waals surface area contributed by atoms with Gasteiger partial charge in [0.2, 0.25) is 0 Å². The minimum absolute atomic E-state index is 0.179. The van der Waals surface area contributed by atoms with Gasteiger partial charge in [-0.1, -0.05) is 13.0 Å².